The molecular formula is C16H18N2O. The van der Waals surface area contributed by atoms with Crippen molar-refractivity contribution in [1.82, 2.24) is 0 Å². The molecule has 0 amide bonds. The molecule has 1 heterocycles. The maximum atomic E-state index is 5.32. The SMILES string of the molecule is COc1ccc2c(c1)CN(c1ccccc1)CCN2. The number of hydrogen-bond donors (Lipinski definition) is 1. The zero-order valence-corrected chi connectivity index (χ0v) is 11.1. The van der Waals surface area contributed by atoms with Crippen LogP contribution in [0.1, 0.15) is 5.56 Å². The van der Waals surface area contributed by atoms with Crippen LogP contribution in [0.3, 0.4) is 0 Å². The Morgan fingerprint density at radius 1 is 1.11 bits per heavy atom. The molecule has 0 unspecified atom stereocenters. The van der Waals surface area contributed by atoms with Gasteiger partial charge in [0.05, 0.1) is 7.11 Å². The van der Waals surface area contributed by atoms with E-state index in [0.29, 0.717) is 0 Å². The van der Waals surface area contributed by atoms with Crippen LogP contribution in [-0.2, 0) is 6.54 Å². The molecule has 0 fully saturated rings. The third-order valence-corrected chi connectivity index (χ3v) is 3.49. The molecule has 0 bridgehead atoms. The van der Waals surface area contributed by atoms with Gasteiger partial charge in [-0.3, -0.25) is 0 Å². The Morgan fingerprint density at radius 3 is 2.74 bits per heavy atom. The van der Waals surface area contributed by atoms with E-state index < -0.39 is 0 Å². The van der Waals surface area contributed by atoms with Gasteiger partial charge in [-0.2, -0.15) is 0 Å². The minimum absolute atomic E-state index is 0.906. The number of nitrogens with one attached hydrogen (secondary N) is 1. The van der Waals surface area contributed by atoms with Crippen LogP contribution in [0.2, 0.25) is 0 Å². The smallest absolute Gasteiger partial charge is 0.119 e. The Labute approximate surface area is 113 Å². The van der Waals surface area contributed by atoms with Gasteiger partial charge in [0, 0.05) is 31.0 Å². The number of para-hydroxylation sites is 1. The summed E-state index contributed by atoms with van der Waals surface area (Å²) in [5.74, 6) is 0.912. The predicted molar refractivity (Wildman–Crippen MR) is 79.0 cm³/mol. The van der Waals surface area contributed by atoms with Gasteiger partial charge in [-0.15, -0.1) is 0 Å². The number of hydrogen-bond acceptors (Lipinski definition) is 3. The Balaban J connectivity index is 1.91. The van der Waals surface area contributed by atoms with Crippen LogP contribution in [-0.4, -0.2) is 20.2 Å². The number of rotatable bonds is 2. The topological polar surface area (TPSA) is 24.5 Å². The van der Waals surface area contributed by atoms with Gasteiger partial charge in [-0.25, -0.2) is 0 Å². The molecule has 0 atom stereocenters. The van der Waals surface area contributed by atoms with E-state index in [0.717, 1.165) is 25.4 Å². The van der Waals surface area contributed by atoms with Gasteiger partial charge in [-0.1, -0.05) is 18.2 Å². The normalized spacial score (nSPS) is 14.3. The van der Waals surface area contributed by atoms with Crippen LogP contribution < -0.4 is 15.0 Å². The Kier molecular flexibility index (Phi) is 3.27. The predicted octanol–water partition coefficient (Wildman–Crippen LogP) is 3.13. The largest absolute Gasteiger partial charge is 0.497 e. The van der Waals surface area contributed by atoms with E-state index in [1.165, 1.54) is 16.9 Å². The molecule has 1 aliphatic rings. The fourth-order valence-electron chi connectivity index (χ4n) is 2.47. The highest BCUT2D eigenvalue weighted by atomic mass is 16.5. The average molecular weight is 254 g/mol. The fraction of sp³-hybridized carbons (Fsp3) is 0.250. The first kappa shape index (κ1) is 11.9. The highest BCUT2D eigenvalue weighted by Gasteiger charge is 2.14. The highest BCUT2D eigenvalue weighted by molar-refractivity contribution is 5.58. The Bertz CT molecular complexity index is 554. The van der Waals surface area contributed by atoms with Crippen molar-refractivity contribution in [2.24, 2.45) is 0 Å². The second-order valence-corrected chi connectivity index (χ2v) is 4.71. The summed E-state index contributed by atoms with van der Waals surface area (Å²) in [6.07, 6.45) is 0. The van der Waals surface area contributed by atoms with E-state index in [1.54, 1.807) is 7.11 Å². The van der Waals surface area contributed by atoms with E-state index in [-0.39, 0.29) is 0 Å². The summed E-state index contributed by atoms with van der Waals surface area (Å²) in [6.45, 7) is 2.86. The van der Waals surface area contributed by atoms with Crippen LogP contribution >= 0.6 is 0 Å². The number of benzene rings is 2. The second-order valence-electron chi connectivity index (χ2n) is 4.71. The first-order valence-corrected chi connectivity index (χ1v) is 6.57. The summed E-state index contributed by atoms with van der Waals surface area (Å²) >= 11 is 0. The molecule has 98 valence electrons. The van der Waals surface area contributed by atoms with Crippen molar-refractivity contribution in [1.29, 1.82) is 0 Å². The van der Waals surface area contributed by atoms with Gasteiger partial charge in [0.25, 0.3) is 0 Å². The first-order valence-electron chi connectivity index (χ1n) is 6.57. The lowest BCUT2D eigenvalue weighted by molar-refractivity contribution is 0.414. The van der Waals surface area contributed by atoms with Crippen molar-refractivity contribution in [3.05, 3.63) is 54.1 Å². The van der Waals surface area contributed by atoms with Crippen molar-refractivity contribution in [2.75, 3.05) is 30.4 Å². The molecule has 0 saturated carbocycles. The molecule has 19 heavy (non-hydrogen) atoms. The first-order chi connectivity index (χ1) is 9.36. The highest BCUT2D eigenvalue weighted by Crippen LogP contribution is 2.27. The van der Waals surface area contributed by atoms with Gasteiger partial charge in [0.1, 0.15) is 5.75 Å². The molecule has 0 aromatic heterocycles. The molecule has 3 nitrogen and oxygen atoms in total. The van der Waals surface area contributed by atoms with Gasteiger partial charge in [0.2, 0.25) is 0 Å². The summed E-state index contributed by atoms with van der Waals surface area (Å²) < 4.78 is 5.32. The molecule has 0 radical (unpaired) electrons. The zero-order valence-electron chi connectivity index (χ0n) is 11.1. The van der Waals surface area contributed by atoms with Crippen molar-refractivity contribution >= 4 is 11.4 Å². The number of fused-ring (bicyclic) bond motifs is 1. The number of ether oxygens (including phenoxy) is 1. The lowest BCUT2D eigenvalue weighted by Gasteiger charge is -2.22. The summed E-state index contributed by atoms with van der Waals surface area (Å²) in [7, 11) is 1.71. The van der Waals surface area contributed by atoms with Gasteiger partial charge >= 0.3 is 0 Å². The van der Waals surface area contributed by atoms with Crippen molar-refractivity contribution in [2.45, 2.75) is 6.54 Å². The minimum Gasteiger partial charge on any atom is -0.497 e. The second kappa shape index (κ2) is 5.22. The quantitative estimate of drug-likeness (QED) is 0.891. The molecule has 3 heteroatoms. The maximum Gasteiger partial charge on any atom is 0.119 e. The van der Waals surface area contributed by atoms with E-state index in [1.807, 2.05) is 6.07 Å². The molecule has 0 saturated heterocycles. The lowest BCUT2D eigenvalue weighted by atomic mass is 10.1. The monoisotopic (exact) mass is 254 g/mol. The van der Waals surface area contributed by atoms with E-state index in [2.05, 4.69) is 52.7 Å². The third-order valence-electron chi connectivity index (χ3n) is 3.49. The Morgan fingerprint density at radius 2 is 1.95 bits per heavy atom. The van der Waals surface area contributed by atoms with Crippen LogP contribution in [0.15, 0.2) is 48.5 Å². The summed E-state index contributed by atoms with van der Waals surface area (Å²) in [5, 5.41) is 3.48. The van der Waals surface area contributed by atoms with Gasteiger partial charge in [0.15, 0.2) is 0 Å². The zero-order chi connectivity index (χ0) is 13.1. The summed E-state index contributed by atoms with van der Waals surface area (Å²) in [6, 6.07) is 16.8. The van der Waals surface area contributed by atoms with Crippen LogP contribution in [0.25, 0.3) is 0 Å². The molecule has 0 spiro atoms. The average Bonchev–Trinajstić information content (AvgIpc) is 2.69. The molecule has 2 aromatic rings. The fourth-order valence-corrected chi connectivity index (χ4v) is 2.47. The Hall–Kier alpha value is -2.16. The third kappa shape index (κ3) is 2.50. The molecule has 2 aromatic carbocycles. The molecule has 1 N–H and O–H groups in total. The van der Waals surface area contributed by atoms with Crippen LogP contribution in [0.5, 0.6) is 5.75 Å². The lowest BCUT2D eigenvalue weighted by Crippen LogP contribution is -2.25. The molecule has 3 rings (SSSR count). The van der Waals surface area contributed by atoms with Gasteiger partial charge < -0.3 is 15.0 Å². The van der Waals surface area contributed by atoms with E-state index >= 15 is 0 Å². The summed E-state index contributed by atoms with van der Waals surface area (Å²) in [5.41, 5.74) is 3.75. The number of nitrogens with zero attached hydrogens (tertiary/aromatic N) is 1. The molecular weight excluding hydrogens is 236 g/mol. The van der Waals surface area contributed by atoms with Crippen LogP contribution in [0.4, 0.5) is 11.4 Å². The maximum absolute atomic E-state index is 5.32. The molecule has 0 aliphatic carbocycles. The molecule has 1 aliphatic heterocycles. The van der Waals surface area contributed by atoms with Crippen LogP contribution in [0, 0.1) is 0 Å². The minimum atomic E-state index is 0.906. The summed E-state index contributed by atoms with van der Waals surface area (Å²) in [4.78, 5) is 2.39. The number of anilines is 2. The standard InChI is InChI=1S/C16H18N2O/c1-19-15-7-8-16-13(11-15)12-18(10-9-17-16)14-5-3-2-4-6-14/h2-8,11,17H,9-10,12H2,1H3. The van der Waals surface area contributed by atoms with Crippen molar-refractivity contribution < 1.29 is 4.74 Å². The van der Waals surface area contributed by atoms with E-state index in [4.69, 9.17) is 4.74 Å². The van der Waals surface area contributed by atoms with Gasteiger partial charge in [-0.05, 0) is 35.9 Å². The number of methoxy groups -OCH3 is 1. The van der Waals surface area contributed by atoms with E-state index in [9.17, 15) is 0 Å². The van der Waals surface area contributed by atoms with Crippen molar-refractivity contribution in [3.8, 4) is 5.75 Å². The van der Waals surface area contributed by atoms with Crippen molar-refractivity contribution in [3.63, 3.8) is 0 Å².